The van der Waals surface area contributed by atoms with Crippen LogP contribution in [0.3, 0.4) is 0 Å². The number of amides is 4. The molecule has 0 aromatic heterocycles. The third-order valence-electron chi connectivity index (χ3n) is 7.16. The van der Waals surface area contributed by atoms with Crippen molar-refractivity contribution in [1.29, 1.82) is 0 Å². The maximum absolute atomic E-state index is 13.3. The van der Waals surface area contributed by atoms with Crippen molar-refractivity contribution in [3.05, 3.63) is 29.8 Å². The monoisotopic (exact) mass is 442 g/mol. The van der Waals surface area contributed by atoms with E-state index in [0.29, 0.717) is 44.5 Å². The lowest BCUT2D eigenvalue weighted by atomic mass is 9.87. The summed E-state index contributed by atoms with van der Waals surface area (Å²) in [5.41, 5.74) is 0.130. The molecule has 32 heavy (non-hydrogen) atoms. The van der Waals surface area contributed by atoms with Crippen LogP contribution in [0.1, 0.15) is 44.6 Å². The first-order chi connectivity index (χ1) is 15.5. The number of methoxy groups -OCH3 is 1. The predicted molar refractivity (Wildman–Crippen MR) is 120 cm³/mol. The average Bonchev–Trinajstić information content (AvgIpc) is 3.05. The fourth-order valence-electron chi connectivity index (χ4n) is 5.28. The standard InChI is InChI=1S/C24H34N4O4/c1-3-12-26-15-10-24(11-16-26)22(30)28(23(31)25-24)19-8-13-27(14-9-19)21(29)17-18-6-4-5-7-20(18)32-2/h4-7,19H,3,8-17H2,1-2H3,(H,25,31). The minimum Gasteiger partial charge on any atom is -0.496 e. The second kappa shape index (κ2) is 9.48. The average molecular weight is 443 g/mol. The van der Waals surface area contributed by atoms with Crippen LogP contribution in [0.5, 0.6) is 5.75 Å². The van der Waals surface area contributed by atoms with Crippen LogP contribution in [0.15, 0.2) is 24.3 Å². The van der Waals surface area contributed by atoms with Gasteiger partial charge in [0.1, 0.15) is 11.3 Å². The molecule has 0 unspecified atom stereocenters. The number of nitrogens with zero attached hydrogens (tertiary/aromatic N) is 3. The Hall–Kier alpha value is -2.61. The summed E-state index contributed by atoms with van der Waals surface area (Å²) in [6.45, 7) is 5.96. The van der Waals surface area contributed by atoms with Gasteiger partial charge < -0.3 is 19.9 Å². The molecule has 3 saturated heterocycles. The van der Waals surface area contributed by atoms with Crippen molar-refractivity contribution in [3.63, 3.8) is 0 Å². The third-order valence-corrected chi connectivity index (χ3v) is 7.16. The number of rotatable bonds is 6. The fraction of sp³-hybridized carbons (Fsp3) is 0.625. The van der Waals surface area contributed by atoms with Crippen LogP contribution < -0.4 is 10.1 Å². The summed E-state index contributed by atoms with van der Waals surface area (Å²) >= 11 is 0. The Kier molecular flexibility index (Phi) is 6.69. The molecule has 3 aliphatic heterocycles. The van der Waals surface area contributed by atoms with Crippen molar-refractivity contribution < 1.29 is 19.1 Å². The van der Waals surface area contributed by atoms with Gasteiger partial charge in [0.05, 0.1) is 13.5 Å². The predicted octanol–water partition coefficient (Wildman–Crippen LogP) is 2.03. The Labute approximate surface area is 189 Å². The molecule has 1 aromatic carbocycles. The van der Waals surface area contributed by atoms with Crippen molar-refractivity contribution in [2.24, 2.45) is 0 Å². The van der Waals surface area contributed by atoms with Crippen LogP contribution in [-0.2, 0) is 16.0 Å². The maximum Gasteiger partial charge on any atom is 0.325 e. The Morgan fingerprint density at radius 3 is 2.47 bits per heavy atom. The van der Waals surface area contributed by atoms with Crippen molar-refractivity contribution >= 4 is 17.8 Å². The van der Waals surface area contributed by atoms with Gasteiger partial charge in [0.25, 0.3) is 5.91 Å². The molecular formula is C24H34N4O4. The third kappa shape index (κ3) is 4.33. The quantitative estimate of drug-likeness (QED) is 0.682. The van der Waals surface area contributed by atoms with E-state index in [9.17, 15) is 14.4 Å². The second-order valence-corrected chi connectivity index (χ2v) is 9.13. The van der Waals surface area contributed by atoms with Crippen LogP contribution in [0.2, 0.25) is 0 Å². The summed E-state index contributed by atoms with van der Waals surface area (Å²) in [5, 5.41) is 3.02. The van der Waals surface area contributed by atoms with Gasteiger partial charge in [-0.1, -0.05) is 25.1 Å². The number of carbonyl (C=O) groups excluding carboxylic acids is 3. The molecule has 8 nitrogen and oxygen atoms in total. The summed E-state index contributed by atoms with van der Waals surface area (Å²) in [4.78, 5) is 44.6. The van der Waals surface area contributed by atoms with E-state index in [1.807, 2.05) is 29.2 Å². The van der Waals surface area contributed by atoms with E-state index in [-0.39, 0.29) is 30.3 Å². The van der Waals surface area contributed by atoms with Gasteiger partial charge in [-0.15, -0.1) is 0 Å². The molecule has 0 radical (unpaired) electrons. The van der Waals surface area contributed by atoms with Gasteiger partial charge in [0, 0.05) is 37.8 Å². The summed E-state index contributed by atoms with van der Waals surface area (Å²) < 4.78 is 5.35. The first-order valence-electron chi connectivity index (χ1n) is 11.8. The molecule has 0 bridgehead atoms. The molecule has 174 valence electrons. The highest BCUT2D eigenvalue weighted by Crippen LogP contribution is 2.33. The number of hydrogen-bond donors (Lipinski definition) is 1. The van der Waals surface area contributed by atoms with Crippen LogP contribution in [0.4, 0.5) is 4.79 Å². The van der Waals surface area contributed by atoms with Crippen LogP contribution in [-0.4, -0.2) is 84.0 Å². The van der Waals surface area contributed by atoms with Crippen LogP contribution in [0.25, 0.3) is 0 Å². The van der Waals surface area contributed by atoms with Gasteiger partial charge in [0.2, 0.25) is 5.91 Å². The topological polar surface area (TPSA) is 82.2 Å². The van der Waals surface area contributed by atoms with E-state index in [1.54, 1.807) is 7.11 Å². The Bertz CT molecular complexity index is 857. The zero-order chi connectivity index (χ0) is 22.7. The van der Waals surface area contributed by atoms with Crippen molar-refractivity contribution in [3.8, 4) is 5.75 Å². The lowest BCUT2D eigenvalue weighted by Crippen LogP contribution is -2.55. The number of ether oxygens (including phenoxy) is 1. The van der Waals surface area contributed by atoms with Gasteiger partial charge >= 0.3 is 6.03 Å². The number of imide groups is 1. The molecular weight excluding hydrogens is 408 g/mol. The molecule has 3 fully saturated rings. The van der Waals surface area contributed by atoms with E-state index < -0.39 is 5.54 Å². The molecule has 3 aliphatic rings. The summed E-state index contributed by atoms with van der Waals surface area (Å²) in [5.74, 6) is 0.688. The van der Waals surface area contributed by atoms with E-state index in [0.717, 1.165) is 31.6 Å². The van der Waals surface area contributed by atoms with E-state index in [2.05, 4.69) is 17.1 Å². The first-order valence-corrected chi connectivity index (χ1v) is 11.8. The van der Waals surface area contributed by atoms with E-state index >= 15 is 0 Å². The second-order valence-electron chi connectivity index (χ2n) is 9.13. The molecule has 3 heterocycles. The Morgan fingerprint density at radius 2 is 1.81 bits per heavy atom. The molecule has 1 aromatic rings. The minimum atomic E-state index is -0.738. The van der Waals surface area contributed by atoms with Gasteiger partial charge in [-0.05, 0) is 44.7 Å². The molecule has 8 heteroatoms. The zero-order valence-corrected chi connectivity index (χ0v) is 19.1. The number of likely N-dealkylation sites (tertiary alicyclic amines) is 2. The van der Waals surface area contributed by atoms with Crippen molar-refractivity contribution in [2.75, 3.05) is 39.8 Å². The maximum atomic E-state index is 13.3. The summed E-state index contributed by atoms with van der Waals surface area (Å²) in [7, 11) is 1.60. The molecule has 0 aliphatic carbocycles. The number of nitrogens with one attached hydrogen (secondary N) is 1. The number of piperidine rings is 2. The SMILES string of the molecule is CCCN1CCC2(CC1)NC(=O)N(C1CCN(C(=O)Cc3ccccc3OC)CC1)C2=O. The van der Waals surface area contributed by atoms with Gasteiger partial charge in [-0.3, -0.25) is 14.5 Å². The highest BCUT2D eigenvalue weighted by Gasteiger charge is 2.54. The highest BCUT2D eigenvalue weighted by molar-refractivity contribution is 6.07. The van der Waals surface area contributed by atoms with Crippen molar-refractivity contribution in [2.45, 2.75) is 57.0 Å². The normalized spacial score (nSPS) is 21.8. The lowest BCUT2D eigenvalue weighted by Gasteiger charge is -2.38. The number of carbonyl (C=O) groups is 3. The summed E-state index contributed by atoms with van der Waals surface area (Å²) in [6, 6.07) is 7.13. The fourth-order valence-corrected chi connectivity index (χ4v) is 5.28. The smallest absolute Gasteiger partial charge is 0.325 e. The summed E-state index contributed by atoms with van der Waals surface area (Å²) in [6.07, 6.45) is 3.96. The largest absolute Gasteiger partial charge is 0.496 e. The molecule has 0 atom stereocenters. The van der Waals surface area contributed by atoms with Gasteiger partial charge in [-0.2, -0.15) is 0 Å². The van der Waals surface area contributed by atoms with Crippen LogP contribution >= 0.6 is 0 Å². The first kappa shape index (κ1) is 22.6. The Morgan fingerprint density at radius 1 is 1.12 bits per heavy atom. The van der Waals surface area contributed by atoms with Crippen LogP contribution in [0, 0.1) is 0 Å². The zero-order valence-electron chi connectivity index (χ0n) is 19.1. The van der Waals surface area contributed by atoms with Crippen molar-refractivity contribution in [1.82, 2.24) is 20.0 Å². The molecule has 0 saturated carbocycles. The molecule has 4 rings (SSSR count). The van der Waals surface area contributed by atoms with E-state index in [4.69, 9.17) is 4.74 Å². The van der Waals surface area contributed by atoms with E-state index in [1.165, 1.54) is 4.90 Å². The Balaban J connectivity index is 1.33. The molecule has 1 N–H and O–H groups in total. The number of para-hydroxylation sites is 1. The number of urea groups is 1. The number of hydrogen-bond acceptors (Lipinski definition) is 5. The lowest BCUT2D eigenvalue weighted by molar-refractivity contribution is -0.136. The van der Waals surface area contributed by atoms with Gasteiger partial charge in [-0.25, -0.2) is 4.79 Å². The van der Waals surface area contributed by atoms with Gasteiger partial charge in [0.15, 0.2) is 0 Å². The minimum absolute atomic E-state index is 0.0462. The number of benzene rings is 1. The molecule has 1 spiro atoms. The highest BCUT2D eigenvalue weighted by atomic mass is 16.5. The molecule has 4 amide bonds.